The third-order valence-corrected chi connectivity index (χ3v) is 3.44. The highest BCUT2D eigenvalue weighted by atomic mass is 35.5. The van der Waals surface area contributed by atoms with Gasteiger partial charge in [0, 0.05) is 37.7 Å². The van der Waals surface area contributed by atoms with Gasteiger partial charge in [-0.15, -0.1) is 0 Å². The zero-order valence-corrected chi connectivity index (χ0v) is 11.0. The standard InChI is InChI=1S/C13H19ClN2O/c1-11-10-12(2-3-13(11)14)17-9-8-16-6-4-15-5-7-16/h2-3,10,15H,4-9H2,1H3. The Hall–Kier alpha value is -0.770. The molecule has 1 aromatic carbocycles. The lowest BCUT2D eigenvalue weighted by Gasteiger charge is -2.26. The SMILES string of the molecule is Cc1cc(OCCN2CCNCC2)ccc1Cl. The number of nitrogens with one attached hydrogen (secondary N) is 1. The zero-order chi connectivity index (χ0) is 12.1. The Labute approximate surface area is 108 Å². The lowest BCUT2D eigenvalue weighted by molar-refractivity contribution is 0.191. The Balaban J connectivity index is 1.75. The van der Waals surface area contributed by atoms with Gasteiger partial charge in [-0.05, 0) is 30.7 Å². The minimum atomic E-state index is 0.737. The van der Waals surface area contributed by atoms with Crippen LogP contribution in [0.1, 0.15) is 5.56 Å². The molecule has 4 heteroatoms. The molecule has 1 N–H and O–H groups in total. The molecule has 0 saturated carbocycles. The monoisotopic (exact) mass is 254 g/mol. The second-order valence-corrected chi connectivity index (χ2v) is 4.76. The molecule has 94 valence electrons. The van der Waals surface area contributed by atoms with Gasteiger partial charge >= 0.3 is 0 Å². The summed E-state index contributed by atoms with van der Waals surface area (Å²) in [6.07, 6.45) is 0. The predicted octanol–water partition coefficient (Wildman–Crippen LogP) is 1.93. The first-order chi connectivity index (χ1) is 8.25. The smallest absolute Gasteiger partial charge is 0.119 e. The number of piperazine rings is 1. The number of hydrogen-bond acceptors (Lipinski definition) is 3. The molecule has 0 atom stereocenters. The van der Waals surface area contributed by atoms with Gasteiger partial charge in [-0.25, -0.2) is 0 Å². The Bertz CT molecular complexity index is 364. The van der Waals surface area contributed by atoms with Gasteiger partial charge in [0.05, 0.1) is 0 Å². The molecule has 0 aliphatic carbocycles. The first-order valence-corrected chi connectivity index (χ1v) is 6.45. The predicted molar refractivity (Wildman–Crippen MR) is 71.0 cm³/mol. The van der Waals surface area contributed by atoms with E-state index in [1.165, 1.54) is 0 Å². The van der Waals surface area contributed by atoms with Crippen molar-refractivity contribution >= 4 is 11.6 Å². The van der Waals surface area contributed by atoms with Crippen LogP contribution < -0.4 is 10.1 Å². The highest BCUT2D eigenvalue weighted by Gasteiger charge is 2.08. The number of benzene rings is 1. The molecule has 0 radical (unpaired) electrons. The number of halogens is 1. The van der Waals surface area contributed by atoms with Crippen LogP contribution in [-0.4, -0.2) is 44.2 Å². The van der Waals surface area contributed by atoms with Crippen molar-refractivity contribution in [2.24, 2.45) is 0 Å². The van der Waals surface area contributed by atoms with Crippen LogP contribution in [0.3, 0.4) is 0 Å². The van der Waals surface area contributed by atoms with Crippen LogP contribution in [0.25, 0.3) is 0 Å². The minimum absolute atomic E-state index is 0.737. The van der Waals surface area contributed by atoms with E-state index in [-0.39, 0.29) is 0 Å². The van der Waals surface area contributed by atoms with Crippen LogP contribution in [0.15, 0.2) is 18.2 Å². The van der Waals surface area contributed by atoms with E-state index in [1.807, 2.05) is 25.1 Å². The summed E-state index contributed by atoms with van der Waals surface area (Å²) in [6.45, 7) is 8.11. The maximum atomic E-state index is 5.97. The zero-order valence-electron chi connectivity index (χ0n) is 10.2. The van der Waals surface area contributed by atoms with Gasteiger partial charge in [-0.2, -0.15) is 0 Å². The van der Waals surface area contributed by atoms with Gasteiger partial charge in [-0.3, -0.25) is 4.90 Å². The molecule has 1 aliphatic heterocycles. The number of aryl methyl sites for hydroxylation is 1. The molecule has 17 heavy (non-hydrogen) atoms. The maximum Gasteiger partial charge on any atom is 0.119 e. The summed E-state index contributed by atoms with van der Waals surface area (Å²) in [7, 11) is 0. The van der Waals surface area contributed by atoms with Crippen molar-refractivity contribution in [3.05, 3.63) is 28.8 Å². The first-order valence-electron chi connectivity index (χ1n) is 6.08. The third kappa shape index (κ3) is 3.87. The second kappa shape index (κ2) is 6.24. The Morgan fingerprint density at radius 1 is 1.35 bits per heavy atom. The molecule has 0 spiro atoms. The van der Waals surface area contributed by atoms with Crippen molar-refractivity contribution in [3.63, 3.8) is 0 Å². The molecule has 1 aromatic rings. The van der Waals surface area contributed by atoms with Crippen molar-refractivity contribution in [2.45, 2.75) is 6.92 Å². The molecular formula is C13H19ClN2O. The van der Waals surface area contributed by atoms with E-state index >= 15 is 0 Å². The van der Waals surface area contributed by atoms with Crippen LogP contribution in [0.4, 0.5) is 0 Å². The first kappa shape index (κ1) is 12.7. The fourth-order valence-electron chi connectivity index (χ4n) is 1.93. The van der Waals surface area contributed by atoms with Gasteiger partial charge < -0.3 is 10.1 Å². The molecule has 2 rings (SSSR count). The average molecular weight is 255 g/mol. The van der Waals surface area contributed by atoms with Gasteiger partial charge in [0.15, 0.2) is 0 Å². The van der Waals surface area contributed by atoms with Crippen LogP contribution in [0, 0.1) is 6.92 Å². The van der Waals surface area contributed by atoms with Gasteiger partial charge in [0.25, 0.3) is 0 Å². The van der Waals surface area contributed by atoms with Crippen LogP contribution >= 0.6 is 11.6 Å². The van der Waals surface area contributed by atoms with E-state index in [4.69, 9.17) is 16.3 Å². The fraction of sp³-hybridized carbons (Fsp3) is 0.538. The lowest BCUT2D eigenvalue weighted by atomic mass is 10.2. The molecule has 0 aromatic heterocycles. The summed E-state index contributed by atoms with van der Waals surface area (Å²) >= 11 is 5.97. The lowest BCUT2D eigenvalue weighted by Crippen LogP contribution is -2.44. The van der Waals surface area contributed by atoms with E-state index in [0.29, 0.717) is 0 Å². The van der Waals surface area contributed by atoms with Crippen LogP contribution in [0.5, 0.6) is 5.75 Å². The second-order valence-electron chi connectivity index (χ2n) is 4.35. The van der Waals surface area contributed by atoms with E-state index in [0.717, 1.165) is 55.7 Å². The molecular weight excluding hydrogens is 236 g/mol. The number of nitrogens with zero attached hydrogens (tertiary/aromatic N) is 1. The van der Waals surface area contributed by atoms with E-state index in [9.17, 15) is 0 Å². The van der Waals surface area contributed by atoms with Crippen molar-refractivity contribution < 1.29 is 4.74 Å². The van der Waals surface area contributed by atoms with Crippen molar-refractivity contribution in [3.8, 4) is 5.75 Å². The normalized spacial score (nSPS) is 17.1. The van der Waals surface area contributed by atoms with Crippen LogP contribution in [-0.2, 0) is 0 Å². The summed E-state index contributed by atoms with van der Waals surface area (Å²) in [6, 6.07) is 5.80. The Kier molecular flexibility index (Phi) is 4.66. The number of hydrogen-bond donors (Lipinski definition) is 1. The van der Waals surface area contributed by atoms with E-state index in [1.54, 1.807) is 0 Å². The Morgan fingerprint density at radius 3 is 2.82 bits per heavy atom. The number of ether oxygens (including phenoxy) is 1. The van der Waals surface area contributed by atoms with Gasteiger partial charge in [0.1, 0.15) is 12.4 Å². The fourth-order valence-corrected chi connectivity index (χ4v) is 2.05. The maximum absolute atomic E-state index is 5.97. The van der Waals surface area contributed by atoms with E-state index < -0.39 is 0 Å². The largest absolute Gasteiger partial charge is 0.492 e. The molecule has 0 amide bonds. The quantitative estimate of drug-likeness (QED) is 0.889. The molecule has 3 nitrogen and oxygen atoms in total. The molecule has 1 heterocycles. The molecule has 1 aliphatic rings. The third-order valence-electron chi connectivity index (χ3n) is 3.02. The summed E-state index contributed by atoms with van der Waals surface area (Å²) < 4.78 is 5.72. The highest BCUT2D eigenvalue weighted by molar-refractivity contribution is 6.31. The summed E-state index contributed by atoms with van der Waals surface area (Å²) in [5, 5.41) is 4.13. The summed E-state index contributed by atoms with van der Waals surface area (Å²) in [5.41, 5.74) is 1.06. The topological polar surface area (TPSA) is 24.5 Å². The summed E-state index contributed by atoms with van der Waals surface area (Å²) in [5.74, 6) is 0.905. The van der Waals surface area contributed by atoms with Crippen molar-refractivity contribution in [1.29, 1.82) is 0 Å². The molecule has 0 unspecified atom stereocenters. The Morgan fingerprint density at radius 2 is 2.12 bits per heavy atom. The summed E-state index contributed by atoms with van der Waals surface area (Å²) in [4.78, 5) is 2.42. The highest BCUT2D eigenvalue weighted by Crippen LogP contribution is 2.20. The molecule has 1 saturated heterocycles. The average Bonchev–Trinajstić information content (AvgIpc) is 2.35. The van der Waals surface area contributed by atoms with Gasteiger partial charge in [-0.1, -0.05) is 11.6 Å². The number of rotatable bonds is 4. The molecule has 0 bridgehead atoms. The van der Waals surface area contributed by atoms with Crippen molar-refractivity contribution in [1.82, 2.24) is 10.2 Å². The van der Waals surface area contributed by atoms with Gasteiger partial charge in [0.2, 0.25) is 0 Å². The molecule has 1 fully saturated rings. The van der Waals surface area contributed by atoms with E-state index in [2.05, 4.69) is 10.2 Å². The van der Waals surface area contributed by atoms with Crippen LogP contribution in [0.2, 0.25) is 5.02 Å². The van der Waals surface area contributed by atoms with Crippen molar-refractivity contribution in [2.75, 3.05) is 39.3 Å². The minimum Gasteiger partial charge on any atom is -0.492 e.